The molecule has 0 atom stereocenters. The fraction of sp³-hybridized carbons (Fsp3) is 0. The van der Waals surface area contributed by atoms with Gasteiger partial charge in [0.15, 0.2) is 0 Å². The molecule has 0 saturated heterocycles. The molecule has 2 rings (SSSR count). The molecule has 0 aliphatic heterocycles. The second-order valence-electron chi connectivity index (χ2n) is 3.68. The molecule has 7 heteroatoms. The summed E-state index contributed by atoms with van der Waals surface area (Å²) in [6.45, 7) is 0. The first-order valence-electron chi connectivity index (χ1n) is 5.15. The molecule has 3 N–H and O–H groups in total. The summed E-state index contributed by atoms with van der Waals surface area (Å²) in [6.07, 6.45) is 1.30. The maximum absolute atomic E-state index is 13.1. The SMILES string of the molecule is Nc1cnc(Cl)cc1C(=O)Nc1ccc(F)c(Br)c1. The zero-order valence-corrected chi connectivity index (χ0v) is 11.8. The van der Waals surface area contributed by atoms with Gasteiger partial charge in [-0.1, -0.05) is 11.6 Å². The molecule has 1 aromatic heterocycles. The van der Waals surface area contributed by atoms with E-state index in [1.54, 1.807) is 0 Å². The summed E-state index contributed by atoms with van der Waals surface area (Å²) in [5.41, 5.74) is 6.50. The first kappa shape index (κ1) is 13.8. The summed E-state index contributed by atoms with van der Waals surface area (Å²) in [5, 5.41) is 2.76. The van der Waals surface area contributed by atoms with E-state index in [0.717, 1.165) is 0 Å². The van der Waals surface area contributed by atoms with E-state index in [1.807, 2.05) is 0 Å². The molecular formula is C12H8BrClFN3O. The minimum atomic E-state index is -0.444. The van der Waals surface area contributed by atoms with E-state index in [-0.39, 0.29) is 20.9 Å². The molecule has 1 heterocycles. The van der Waals surface area contributed by atoms with Crippen LogP contribution in [-0.4, -0.2) is 10.9 Å². The van der Waals surface area contributed by atoms with Crippen LogP contribution in [0.4, 0.5) is 15.8 Å². The summed E-state index contributed by atoms with van der Waals surface area (Å²) < 4.78 is 13.3. The lowest BCUT2D eigenvalue weighted by atomic mass is 10.2. The van der Waals surface area contributed by atoms with Gasteiger partial charge in [-0.05, 0) is 40.2 Å². The van der Waals surface area contributed by atoms with Crippen molar-refractivity contribution < 1.29 is 9.18 Å². The summed E-state index contributed by atoms with van der Waals surface area (Å²) in [6, 6.07) is 5.50. The van der Waals surface area contributed by atoms with Crippen LogP contribution in [-0.2, 0) is 0 Å². The third-order valence-corrected chi connectivity index (χ3v) is 3.14. The molecule has 19 heavy (non-hydrogen) atoms. The number of nitrogens with one attached hydrogen (secondary N) is 1. The van der Waals surface area contributed by atoms with Crippen molar-refractivity contribution in [3.8, 4) is 0 Å². The second-order valence-corrected chi connectivity index (χ2v) is 4.92. The maximum Gasteiger partial charge on any atom is 0.257 e. The van der Waals surface area contributed by atoms with Crippen molar-refractivity contribution in [2.24, 2.45) is 0 Å². The Bertz CT molecular complexity index is 651. The Kier molecular flexibility index (Phi) is 4.01. The van der Waals surface area contributed by atoms with Crippen molar-refractivity contribution in [2.75, 3.05) is 11.1 Å². The average molecular weight is 345 g/mol. The van der Waals surface area contributed by atoms with Crippen LogP contribution in [0.3, 0.4) is 0 Å². The van der Waals surface area contributed by atoms with E-state index >= 15 is 0 Å². The molecule has 0 saturated carbocycles. The summed E-state index contributed by atoms with van der Waals surface area (Å²) in [4.78, 5) is 15.8. The molecule has 0 aliphatic rings. The first-order chi connectivity index (χ1) is 8.97. The fourth-order valence-electron chi connectivity index (χ4n) is 1.41. The van der Waals surface area contributed by atoms with Gasteiger partial charge in [0.2, 0.25) is 0 Å². The van der Waals surface area contributed by atoms with Gasteiger partial charge in [0.1, 0.15) is 11.0 Å². The first-order valence-corrected chi connectivity index (χ1v) is 6.32. The van der Waals surface area contributed by atoms with Crippen molar-refractivity contribution in [1.29, 1.82) is 0 Å². The molecule has 0 radical (unpaired) electrons. The smallest absolute Gasteiger partial charge is 0.257 e. The lowest BCUT2D eigenvalue weighted by molar-refractivity contribution is 0.102. The lowest BCUT2D eigenvalue weighted by Gasteiger charge is -2.08. The van der Waals surface area contributed by atoms with Gasteiger partial charge in [-0.2, -0.15) is 0 Å². The van der Waals surface area contributed by atoms with Crippen LogP contribution in [0.25, 0.3) is 0 Å². The van der Waals surface area contributed by atoms with Gasteiger partial charge in [0.25, 0.3) is 5.91 Å². The molecular weight excluding hydrogens is 337 g/mol. The highest BCUT2D eigenvalue weighted by atomic mass is 79.9. The minimum absolute atomic E-state index is 0.166. The Balaban J connectivity index is 2.25. The number of carbonyl (C=O) groups is 1. The van der Waals surface area contributed by atoms with Gasteiger partial charge in [0, 0.05) is 5.69 Å². The number of amides is 1. The number of halogens is 3. The number of nitrogens with zero attached hydrogens (tertiary/aromatic N) is 1. The zero-order valence-electron chi connectivity index (χ0n) is 9.45. The molecule has 0 unspecified atom stereocenters. The Morgan fingerprint density at radius 3 is 2.84 bits per heavy atom. The number of pyridine rings is 1. The third kappa shape index (κ3) is 3.21. The van der Waals surface area contributed by atoms with Crippen molar-refractivity contribution >= 4 is 44.8 Å². The molecule has 0 fully saturated rings. The van der Waals surface area contributed by atoms with Crippen LogP contribution in [0.5, 0.6) is 0 Å². The quantitative estimate of drug-likeness (QED) is 0.820. The molecule has 4 nitrogen and oxygen atoms in total. The number of hydrogen-bond acceptors (Lipinski definition) is 3. The van der Waals surface area contributed by atoms with Crippen LogP contribution in [0, 0.1) is 5.82 Å². The minimum Gasteiger partial charge on any atom is -0.397 e. The number of aromatic nitrogens is 1. The molecule has 2 aromatic rings. The van der Waals surface area contributed by atoms with Gasteiger partial charge in [-0.15, -0.1) is 0 Å². The molecule has 1 aromatic carbocycles. The molecule has 0 spiro atoms. The number of nitrogens with two attached hydrogens (primary N) is 1. The van der Waals surface area contributed by atoms with E-state index in [4.69, 9.17) is 17.3 Å². The number of hydrogen-bond donors (Lipinski definition) is 2. The highest BCUT2D eigenvalue weighted by Gasteiger charge is 2.12. The number of rotatable bonds is 2. The predicted octanol–water partition coefficient (Wildman–Crippen LogP) is 3.47. The molecule has 1 amide bonds. The van der Waals surface area contributed by atoms with Crippen LogP contribution in [0.1, 0.15) is 10.4 Å². The highest BCUT2D eigenvalue weighted by molar-refractivity contribution is 9.10. The number of nitrogen functional groups attached to an aromatic ring is 1. The van der Waals surface area contributed by atoms with Gasteiger partial charge in [-0.3, -0.25) is 4.79 Å². The number of anilines is 2. The van der Waals surface area contributed by atoms with Crippen molar-refractivity contribution in [3.05, 3.63) is 51.5 Å². The van der Waals surface area contributed by atoms with Crippen LogP contribution in [0.15, 0.2) is 34.9 Å². The number of benzene rings is 1. The summed E-state index contributed by atoms with van der Waals surface area (Å²) in [7, 11) is 0. The monoisotopic (exact) mass is 343 g/mol. The van der Waals surface area contributed by atoms with Crippen molar-refractivity contribution in [2.45, 2.75) is 0 Å². The van der Waals surface area contributed by atoms with Crippen LogP contribution >= 0.6 is 27.5 Å². The average Bonchev–Trinajstić information content (AvgIpc) is 2.36. The van der Waals surface area contributed by atoms with E-state index in [1.165, 1.54) is 30.5 Å². The number of carbonyl (C=O) groups excluding carboxylic acids is 1. The van der Waals surface area contributed by atoms with Gasteiger partial charge >= 0.3 is 0 Å². The Morgan fingerprint density at radius 1 is 1.42 bits per heavy atom. The topological polar surface area (TPSA) is 68.0 Å². The summed E-state index contributed by atoms with van der Waals surface area (Å²) >= 11 is 8.74. The van der Waals surface area contributed by atoms with E-state index in [9.17, 15) is 9.18 Å². The largest absolute Gasteiger partial charge is 0.397 e. The summed E-state index contributed by atoms with van der Waals surface area (Å²) in [5.74, 6) is -0.857. The van der Waals surface area contributed by atoms with E-state index < -0.39 is 11.7 Å². The normalized spacial score (nSPS) is 10.3. The van der Waals surface area contributed by atoms with Crippen LogP contribution < -0.4 is 11.1 Å². The fourth-order valence-corrected chi connectivity index (χ4v) is 1.95. The molecule has 98 valence electrons. The highest BCUT2D eigenvalue weighted by Crippen LogP contribution is 2.22. The van der Waals surface area contributed by atoms with Crippen LogP contribution in [0.2, 0.25) is 5.15 Å². The Labute approximate surface area is 121 Å². The van der Waals surface area contributed by atoms with E-state index in [0.29, 0.717) is 5.69 Å². The van der Waals surface area contributed by atoms with Gasteiger partial charge < -0.3 is 11.1 Å². The van der Waals surface area contributed by atoms with Gasteiger partial charge in [0.05, 0.1) is 21.9 Å². The molecule has 0 aliphatic carbocycles. The van der Waals surface area contributed by atoms with E-state index in [2.05, 4.69) is 26.2 Å². The second kappa shape index (κ2) is 5.54. The third-order valence-electron chi connectivity index (χ3n) is 2.32. The lowest BCUT2D eigenvalue weighted by Crippen LogP contribution is -2.14. The molecule has 0 bridgehead atoms. The van der Waals surface area contributed by atoms with Gasteiger partial charge in [-0.25, -0.2) is 9.37 Å². The van der Waals surface area contributed by atoms with Crippen molar-refractivity contribution in [3.63, 3.8) is 0 Å². The maximum atomic E-state index is 13.1. The van der Waals surface area contributed by atoms with Crippen molar-refractivity contribution in [1.82, 2.24) is 4.98 Å². The zero-order chi connectivity index (χ0) is 14.0. The predicted molar refractivity (Wildman–Crippen MR) is 75.7 cm³/mol. The Morgan fingerprint density at radius 2 is 2.16 bits per heavy atom. The standard InChI is InChI=1S/C12H8BrClFN3O/c13-8-3-6(1-2-9(8)15)18-12(19)7-4-11(14)17-5-10(7)16/h1-5H,16H2,(H,18,19). The Hall–Kier alpha value is -1.66.